The third-order valence-corrected chi connectivity index (χ3v) is 5.55. The summed E-state index contributed by atoms with van der Waals surface area (Å²) in [6, 6.07) is 27.2. The number of methoxy groups -OCH3 is 1. The highest BCUT2D eigenvalue weighted by Crippen LogP contribution is 2.29. The number of hydrazone groups is 1. The number of nitrogens with one attached hydrogen (secondary N) is 1. The minimum Gasteiger partial charge on any atom is -0.464 e. The highest BCUT2D eigenvalue weighted by Gasteiger charge is 2.22. The number of aryl methyl sites for hydroxylation is 1. The second-order valence-electron chi connectivity index (χ2n) is 6.78. The Balaban J connectivity index is 1.74. The SMILES string of the molecule is COC(=O)/C(=N/Nc1ccccc1C)Sc1nnc(-c2ccccc2)n1-c1ccccc1. The molecule has 0 aliphatic heterocycles. The Bertz CT molecular complexity index is 1240. The molecule has 0 bridgehead atoms. The number of anilines is 1. The Labute approximate surface area is 190 Å². The lowest BCUT2D eigenvalue weighted by molar-refractivity contribution is -0.132. The van der Waals surface area contributed by atoms with E-state index in [4.69, 9.17) is 4.74 Å². The number of aromatic nitrogens is 3. The fourth-order valence-electron chi connectivity index (χ4n) is 3.01. The van der Waals surface area contributed by atoms with Gasteiger partial charge in [0.25, 0.3) is 0 Å². The van der Waals surface area contributed by atoms with Gasteiger partial charge in [0.15, 0.2) is 5.82 Å². The van der Waals surface area contributed by atoms with Crippen LogP contribution in [0.1, 0.15) is 5.56 Å². The van der Waals surface area contributed by atoms with E-state index in [0.717, 1.165) is 34.3 Å². The van der Waals surface area contributed by atoms with Gasteiger partial charge in [-0.1, -0.05) is 66.7 Å². The molecule has 0 fully saturated rings. The quantitative estimate of drug-likeness (QED) is 0.155. The number of esters is 1. The molecule has 0 radical (unpaired) electrons. The summed E-state index contributed by atoms with van der Waals surface area (Å²) in [6.07, 6.45) is 0. The van der Waals surface area contributed by atoms with Crippen LogP contribution in [0.2, 0.25) is 0 Å². The Morgan fingerprint density at radius 3 is 2.28 bits per heavy atom. The maximum absolute atomic E-state index is 12.5. The summed E-state index contributed by atoms with van der Waals surface area (Å²) in [5.41, 5.74) is 6.53. The van der Waals surface area contributed by atoms with E-state index in [0.29, 0.717) is 11.0 Å². The lowest BCUT2D eigenvalue weighted by Gasteiger charge is -2.11. The van der Waals surface area contributed by atoms with E-state index >= 15 is 0 Å². The monoisotopic (exact) mass is 443 g/mol. The summed E-state index contributed by atoms with van der Waals surface area (Å²) in [4.78, 5) is 12.5. The Kier molecular flexibility index (Phi) is 6.62. The molecular formula is C24H21N5O2S. The predicted octanol–water partition coefficient (Wildman–Crippen LogP) is 4.93. The van der Waals surface area contributed by atoms with Gasteiger partial charge < -0.3 is 4.74 Å². The zero-order chi connectivity index (χ0) is 22.3. The average molecular weight is 444 g/mol. The highest BCUT2D eigenvalue weighted by molar-refractivity contribution is 8.15. The van der Waals surface area contributed by atoms with Crippen LogP contribution < -0.4 is 5.43 Å². The van der Waals surface area contributed by atoms with Crippen molar-refractivity contribution in [2.45, 2.75) is 12.1 Å². The van der Waals surface area contributed by atoms with E-state index in [1.807, 2.05) is 96.4 Å². The van der Waals surface area contributed by atoms with Gasteiger partial charge in [-0.05, 0) is 42.4 Å². The van der Waals surface area contributed by atoms with Crippen LogP contribution in [0.25, 0.3) is 17.1 Å². The Morgan fingerprint density at radius 2 is 1.59 bits per heavy atom. The molecule has 0 unspecified atom stereocenters. The van der Waals surface area contributed by atoms with Crippen LogP contribution in [-0.2, 0) is 9.53 Å². The minimum atomic E-state index is -0.569. The standard InChI is InChI=1S/C24H21N5O2S/c1-17-11-9-10-16-20(17)25-27-22(23(30)31-2)32-24-28-26-21(18-12-5-3-6-13-18)29(24)19-14-7-4-8-15-19/h3-16,25H,1-2H3/b27-22-. The molecule has 3 aromatic carbocycles. The van der Waals surface area contributed by atoms with Gasteiger partial charge in [-0.25, -0.2) is 4.79 Å². The molecule has 32 heavy (non-hydrogen) atoms. The number of rotatable bonds is 5. The van der Waals surface area contributed by atoms with Gasteiger partial charge in [0.05, 0.1) is 12.8 Å². The Morgan fingerprint density at radius 1 is 0.938 bits per heavy atom. The molecule has 0 aliphatic carbocycles. The van der Waals surface area contributed by atoms with Crippen molar-refractivity contribution in [1.29, 1.82) is 0 Å². The number of carbonyl (C=O) groups excluding carboxylic acids is 1. The van der Waals surface area contributed by atoms with Crippen molar-refractivity contribution in [3.8, 4) is 17.1 Å². The number of ether oxygens (including phenoxy) is 1. The zero-order valence-corrected chi connectivity index (χ0v) is 18.4. The summed E-state index contributed by atoms with van der Waals surface area (Å²) < 4.78 is 6.85. The summed E-state index contributed by atoms with van der Waals surface area (Å²) in [7, 11) is 1.32. The first-order chi connectivity index (χ1) is 15.7. The summed E-state index contributed by atoms with van der Waals surface area (Å²) in [6.45, 7) is 1.96. The van der Waals surface area contributed by atoms with E-state index in [-0.39, 0.29) is 5.04 Å². The topological polar surface area (TPSA) is 81.4 Å². The first-order valence-electron chi connectivity index (χ1n) is 9.89. The smallest absolute Gasteiger partial charge is 0.365 e. The predicted molar refractivity (Wildman–Crippen MR) is 127 cm³/mol. The summed E-state index contributed by atoms with van der Waals surface area (Å²) in [5.74, 6) is 0.0929. The Hall–Kier alpha value is -3.91. The molecular weight excluding hydrogens is 422 g/mol. The fraction of sp³-hybridized carbons (Fsp3) is 0.0833. The molecule has 0 saturated carbocycles. The first-order valence-corrected chi connectivity index (χ1v) is 10.7. The second kappa shape index (κ2) is 9.93. The van der Waals surface area contributed by atoms with Crippen LogP contribution in [0.15, 0.2) is 95.2 Å². The number of para-hydroxylation sites is 2. The van der Waals surface area contributed by atoms with E-state index in [1.165, 1.54) is 7.11 Å². The summed E-state index contributed by atoms with van der Waals surface area (Å²) >= 11 is 1.09. The van der Waals surface area contributed by atoms with Gasteiger partial charge in [0.1, 0.15) is 0 Å². The number of hydrogen-bond donors (Lipinski definition) is 1. The first kappa shape index (κ1) is 21.3. The van der Waals surface area contributed by atoms with Gasteiger partial charge in [0, 0.05) is 11.3 Å². The van der Waals surface area contributed by atoms with Crippen molar-refractivity contribution in [3.05, 3.63) is 90.5 Å². The van der Waals surface area contributed by atoms with Crippen LogP contribution in [-0.4, -0.2) is 32.9 Å². The van der Waals surface area contributed by atoms with Gasteiger partial charge in [-0.2, -0.15) is 5.10 Å². The molecule has 0 atom stereocenters. The number of carbonyl (C=O) groups is 1. The maximum atomic E-state index is 12.5. The van der Waals surface area contributed by atoms with Crippen LogP contribution in [0.5, 0.6) is 0 Å². The van der Waals surface area contributed by atoms with Crippen molar-refractivity contribution in [2.24, 2.45) is 5.10 Å². The number of benzene rings is 3. The lowest BCUT2D eigenvalue weighted by atomic mass is 10.2. The van der Waals surface area contributed by atoms with Gasteiger partial charge in [-0.3, -0.25) is 9.99 Å². The second-order valence-corrected chi connectivity index (χ2v) is 7.74. The van der Waals surface area contributed by atoms with Crippen LogP contribution in [0.3, 0.4) is 0 Å². The van der Waals surface area contributed by atoms with Gasteiger partial charge in [-0.15, -0.1) is 10.2 Å². The number of hydrogen-bond acceptors (Lipinski definition) is 7. The molecule has 1 aromatic heterocycles. The van der Waals surface area contributed by atoms with Crippen molar-refractivity contribution >= 4 is 28.5 Å². The lowest BCUT2D eigenvalue weighted by Crippen LogP contribution is -2.15. The van der Waals surface area contributed by atoms with E-state index < -0.39 is 5.97 Å². The molecule has 0 aliphatic rings. The molecule has 0 saturated heterocycles. The van der Waals surface area contributed by atoms with Crippen molar-refractivity contribution in [3.63, 3.8) is 0 Å². The minimum absolute atomic E-state index is 0.111. The number of thioether (sulfide) groups is 1. The van der Waals surface area contributed by atoms with E-state index in [2.05, 4.69) is 20.7 Å². The normalized spacial score (nSPS) is 11.2. The molecule has 8 heteroatoms. The van der Waals surface area contributed by atoms with E-state index in [9.17, 15) is 4.79 Å². The molecule has 7 nitrogen and oxygen atoms in total. The maximum Gasteiger partial charge on any atom is 0.365 e. The molecule has 0 amide bonds. The third-order valence-electron chi connectivity index (χ3n) is 4.65. The average Bonchev–Trinajstić information content (AvgIpc) is 3.26. The molecule has 4 aromatic rings. The number of nitrogens with zero attached hydrogens (tertiary/aromatic N) is 4. The van der Waals surface area contributed by atoms with Crippen LogP contribution in [0, 0.1) is 6.92 Å². The summed E-state index contributed by atoms with van der Waals surface area (Å²) in [5, 5.41) is 13.7. The van der Waals surface area contributed by atoms with E-state index in [1.54, 1.807) is 0 Å². The van der Waals surface area contributed by atoms with Crippen molar-refractivity contribution in [2.75, 3.05) is 12.5 Å². The third kappa shape index (κ3) is 4.70. The molecule has 4 rings (SSSR count). The molecule has 1 heterocycles. The van der Waals surface area contributed by atoms with Crippen LogP contribution in [0.4, 0.5) is 5.69 Å². The molecule has 1 N–H and O–H groups in total. The fourth-order valence-corrected chi connectivity index (χ4v) is 3.81. The van der Waals surface area contributed by atoms with Crippen molar-refractivity contribution in [1.82, 2.24) is 14.8 Å². The van der Waals surface area contributed by atoms with Crippen LogP contribution >= 0.6 is 11.8 Å². The molecule has 160 valence electrons. The van der Waals surface area contributed by atoms with Crippen molar-refractivity contribution < 1.29 is 9.53 Å². The van der Waals surface area contributed by atoms with Gasteiger partial charge in [0.2, 0.25) is 10.2 Å². The highest BCUT2D eigenvalue weighted by atomic mass is 32.2. The van der Waals surface area contributed by atoms with Gasteiger partial charge >= 0.3 is 5.97 Å². The zero-order valence-electron chi connectivity index (χ0n) is 17.6. The molecule has 0 spiro atoms. The largest absolute Gasteiger partial charge is 0.464 e.